The molecule has 0 radical (unpaired) electrons. The minimum Gasteiger partial charge on any atom is -0.256 e. The monoisotopic (exact) mass is 279 g/mol. The molecule has 18 heavy (non-hydrogen) atoms. The molecule has 0 aliphatic rings. The quantitative estimate of drug-likeness (QED) is 0.643. The van der Waals surface area contributed by atoms with Crippen molar-refractivity contribution in [3.8, 4) is 11.3 Å². The van der Waals surface area contributed by atoms with Crippen molar-refractivity contribution in [2.75, 3.05) is 0 Å². The summed E-state index contributed by atoms with van der Waals surface area (Å²) in [6.07, 6.45) is 3.06. The molecule has 90 valence electrons. The fraction of sp³-hybridized carbons (Fsp3) is 0.0909. The van der Waals surface area contributed by atoms with Crippen LogP contribution in [0.3, 0.4) is 0 Å². The molecule has 0 saturated heterocycles. The van der Waals surface area contributed by atoms with Crippen LogP contribution in [0.15, 0.2) is 24.7 Å². The molecule has 3 aromatic rings. The summed E-state index contributed by atoms with van der Waals surface area (Å²) in [5.74, 6) is 0.363. The number of aryl methyl sites for hydroxylation is 1. The zero-order valence-corrected chi connectivity index (χ0v) is 10.8. The predicted octanol–water partition coefficient (Wildman–Crippen LogP) is 2.80. The fourth-order valence-corrected chi connectivity index (χ4v) is 2.33. The third-order valence-corrected chi connectivity index (χ3v) is 3.20. The van der Waals surface area contributed by atoms with Crippen LogP contribution in [-0.2, 0) is 0 Å². The second-order valence-electron chi connectivity index (χ2n) is 3.71. The summed E-state index contributed by atoms with van der Waals surface area (Å²) in [6.45, 7) is 1.93. The smallest absolute Gasteiger partial charge is 0.255 e. The Balaban J connectivity index is 2.39. The average Bonchev–Trinajstić information content (AvgIpc) is 2.79. The largest absolute Gasteiger partial charge is 0.256 e. The molecule has 0 unspecified atom stereocenters. The van der Waals surface area contributed by atoms with E-state index in [9.17, 15) is 0 Å². The number of nitrogens with zero attached hydrogens (tertiary/aromatic N) is 5. The molecule has 3 heterocycles. The fourth-order valence-electron chi connectivity index (χ4n) is 1.73. The number of rotatable bonds is 1. The van der Waals surface area contributed by atoms with E-state index in [1.165, 1.54) is 10.8 Å². The summed E-state index contributed by atoms with van der Waals surface area (Å²) in [7, 11) is 0. The predicted molar refractivity (Wildman–Crippen MR) is 68.8 cm³/mol. The first-order chi connectivity index (χ1) is 8.68. The normalized spacial score (nSPS) is 11.1. The molecular weight excluding hydrogens is 273 g/mol. The molecule has 0 atom stereocenters. The highest BCUT2D eigenvalue weighted by molar-refractivity contribution is 6.38. The number of halogens is 2. The van der Waals surface area contributed by atoms with E-state index in [2.05, 4.69) is 20.1 Å². The molecule has 0 amide bonds. The minimum absolute atomic E-state index is 0.266. The van der Waals surface area contributed by atoms with Crippen LogP contribution in [0.1, 0.15) is 5.56 Å². The van der Waals surface area contributed by atoms with Gasteiger partial charge in [-0.25, -0.2) is 0 Å². The van der Waals surface area contributed by atoms with E-state index in [1.807, 2.05) is 19.1 Å². The lowest BCUT2D eigenvalue weighted by molar-refractivity contribution is 0.940. The van der Waals surface area contributed by atoms with Crippen molar-refractivity contribution >= 4 is 29.0 Å². The lowest BCUT2D eigenvalue weighted by Gasteiger charge is -2.08. The summed E-state index contributed by atoms with van der Waals surface area (Å²) in [6, 6.07) is 3.78. The first kappa shape index (κ1) is 11.4. The van der Waals surface area contributed by atoms with Crippen molar-refractivity contribution in [2.24, 2.45) is 0 Å². The molecule has 3 rings (SSSR count). The van der Waals surface area contributed by atoms with Gasteiger partial charge in [0.1, 0.15) is 16.6 Å². The molecule has 0 N–H and O–H groups in total. The van der Waals surface area contributed by atoms with Gasteiger partial charge in [0.25, 0.3) is 5.78 Å². The SMILES string of the molecule is Cc1cccnc1-c1c(Cl)nc2ncnn2c1Cl. The van der Waals surface area contributed by atoms with E-state index in [0.717, 1.165) is 5.56 Å². The summed E-state index contributed by atoms with van der Waals surface area (Å²) >= 11 is 12.4. The Morgan fingerprint density at radius 1 is 1.22 bits per heavy atom. The second-order valence-corrected chi connectivity index (χ2v) is 4.43. The number of aromatic nitrogens is 5. The van der Waals surface area contributed by atoms with E-state index in [4.69, 9.17) is 23.2 Å². The van der Waals surface area contributed by atoms with Crippen molar-refractivity contribution in [1.29, 1.82) is 0 Å². The van der Waals surface area contributed by atoms with Crippen LogP contribution in [0.2, 0.25) is 10.3 Å². The molecule has 0 aromatic carbocycles. The molecule has 3 aromatic heterocycles. The number of pyridine rings is 1. The van der Waals surface area contributed by atoms with Crippen molar-refractivity contribution in [1.82, 2.24) is 24.6 Å². The van der Waals surface area contributed by atoms with Crippen LogP contribution >= 0.6 is 23.2 Å². The van der Waals surface area contributed by atoms with Gasteiger partial charge in [-0.2, -0.15) is 19.6 Å². The highest BCUT2D eigenvalue weighted by Gasteiger charge is 2.17. The van der Waals surface area contributed by atoms with Crippen LogP contribution in [0.4, 0.5) is 0 Å². The maximum atomic E-state index is 6.29. The molecular formula is C11H7Cl2N5. The lowest BCUT2D eigenvalue weighted by Crippen LogP contribution is -1.99. The third kappa shape index (κ3) is 1.63. The zero-order valence-electron chi connectivity index (χ0n) is 9.30. The Kier molecular flexibility index (Phi) is 2.65. The van der Waals surface area contributed by atoms with Crippen molar-refractivity contribution in [3.63, 3.8) is 0 Å². The maximum Gasteiger partial charge on any atom is 0.255 e. The van der Waals surface area contributed by atoms with Gasteiger partial charge in [0.15, 0.2) is 0 Å². The molecule has 7 heteroatoms. The first-order valence-corrected chi connectivity index (χ1v) is 5.91. The summed E-state index contributed by atoms with van der Waals surface area (Å²) in [5, 5.41) is 4.62. The Morgan fingerprint density at radius 2 is 2.06 bits per heavy atom. The van der Waals surface area contributed by atoms with E-state index in [0.29, 0.717) is 22.2 Å². The summed E-state index contributed by atoms with van der Waals surface area (Å²) in [4.78, 5) is 12.4. The van der Waals surface area contributed by atoms with Crippen LogP contribution in [0, 0.1) is 6.92 Å². The average molecular weight is 280 g/mol. The van der Waals surface area contributed by atoms with Gasteiger partial charge in [-0.15, -0.1) is 0 Å². The molecule has 0 fully saturated rings. The molecule has 0 bridgehead atoms. The van der Waals surface area contributed by atoms with Gasteiger partial charge in [-0.1, -0.05) is 29.3 Å². The Bertz CT molecular complexity index is 737. The number of hydrogen-bond acceptors (Lipinski definition) is 4. The molecule has 0 aliphatic heterocycles. The van der Waals surface area contributed by atoms with E-state index < -0.39 is 0 Å². The molecule has 5 nitrogen and oxygen atoms in total. The number of fused-ring (bicyclic) bond motifs is 1. The van der Waals surface area contributed by atoms with Crippen LogP contribution in [-0.4, -0.2) is 24.6 Å². The van der Waals surface area contributed by atoms with Gasteiger partial charge >= 0.3 is 0 Å². The highest BCUT2D eigenvalue weighted by Crippen LogP contribution is 2.33. The Morgan fingerprint density at radius 3 is 2.83 bits per heavy atom. The summed E-state index contributed by atoms with van der Waals surface area (Å²) < 4.78 is 1.43. The van der Waals surface area contributed by atoms with Crippen LogP contribution in [0.5, 0.6) is 0 Å². The zero-order chi connectivity index (χ0) is 12.7. The Labute approximate surface area is 112 Å². The van der Waals surface area contributed by atoms with Crippen LogP contribution < -0.4 is 0 Å². The van der Waals surface area contributed by atoms with E-state index in [1.54, 1.807) is 6.20 Å². The lowest BCUT2D eigenvalue weighted by atomic mass is 10.1. The Hall–Kier alpha value is -1.72. The van der Waals surface area contributed by atoms with Gasteiger partial charge in [0, 0.05) is 6.20 Å². The maximum absolute atomic E-state index is 6.29. The molecule has 0 spiro atoms. The van der Waals surface area contributed by atoms with Gasteiger partial charge in [0.2, 0.25) is 0 Å². The highest BCUT2D eigenvalue weighted by atomic mass is 35.5. The summed E-state index contributed by atoms with van der Waals surface area (Å²) in [5.41, 5.74) is 2.22. The van der Waals surface area contributed by atoms with Gasteiger partial charge in [0.05, 0.1) is 11.3 Å². The number of hydrogen-bond donors (Lipinski definition) is 0. The molecule has 0 saturated carbocycles. The van der Waals surface area contributed by atoms with Crippen LogP contribution in [0.25, 0.3) is 17.0 Å². The van der Waals surface area contributed by atoms with Gasteiger partial charge in [-0.05, 0) is 18.6 Å². The minimum atomic E-state index is 0.266. The molecule has 0 aliphatic carbocycles. The van der Waals surface area contributed by atoms with Gasteiger partial charge < -0.3 is 0 Å². The van der Waals surface area contributed by atoms with Gasteiger partial charge in [-0.3, -0.25) is 4.98 Å². The van der Waals surface area contributed by atoms with Crippen molar-refractivity contribution in [2.45, 2.75) is 6.92 Å². The third-order valence-electron chi connectivity index (χ3n) is 2.57. The standard InChI is InChI=1S/C11H7Cl2N5/c1-6-3-2-4-14-8(6)7-9(12)17-11-15-5-16-18(11)10(7)13/h2-5H,1H3. The second kappa shape index (κ2) is 4.19. The first-order valence-electron chi connectivity index (χ1n) is 5.15. The van der Waals surface area contributed by atoms with Crippen molar-refractivity contribution < 1.29 is 0 Å². The van der Waals surface area contributed by atoms with E-state index >= 15 is 0 Å². The van der Waals surface area contributed by atoms with E-state index in [-0.39, 0.29) is 5.15 Å². The van der Waals surface area contributed by atoms with Crippen molar-refractivity contribution in [3.05, 3.63) is 40.5 Å². The topological polar surface area (TPSA) is 56.0 Å².